The molecule has 100 valence electrons. The molecule has 3 aliphatic rings. The van der Waals surface area contributed by atoms with Gasteiger partial charge in [-0.05, 0) is 42.7 Å². The summed E-state index contributed by atoms with van der Waals surface area (Å²) in [7, 11) is -1.04. The molecule has 0 amide bonds. The van der Waals surface area contributed by atoms with Gasteiger partial charge < -0.3 is 4.72 Å². The van der Waals surface area contributed by atoms with Crippen molar-refractivity contribution >= 4 is 22.4 Å². The summed E-state index contributed by atoms with van der Waals surface area (Å²) in [6.07, 6.45) is 3.46. The molecule has 1 N–H and O–H groups in total. The van der Waals surface area contributed by atoms with Crippen LogP contribution in [0.2, 0.25) is 0 Å². The Morgan fingerprint density at radius 3 is 2.89 bits per heavy atom. The quantitative estimate of drug-likeness (QED) is 0.634. The lowest BCUT2D eigenvalue weighted by atomic mass is 9.82. The molecule has 19 heavy (non-hydrogen) atoms. The van der Waals surface area contributed by atoms with E-state index in [4.69, 9.17) is 0 Å². The van der Waals surface area contributed by atoms with Gasteiger partial charge in [-0.25, -0.2) is 4.21 Å². The average Bonchev–Trinajstić information content (AvgIpc) is 2.99. The lowest BCUT2D eigenvalue weighted by Gasteiger charge is -2.36. The Morgan fingerprint density at radius 1 is 1.32 bits per heavy atom. The third kappa shape index (κ3) is 1.49. The van der Waals surface area contributed by atoms with Crippen molar-refractivity contribution in [2.45, 2.75) is 30.4 Å². The van der Waals surface area contributed by atoms with Gasteiger partial charge in [0.05, 0.1) is 15.9 Å². The zero-order valence-electron chi connectivity index (χ0n) is 10.2. The summed E-state index contributed by atoms with van der Waals surface area (Å²) in [5.41, 5.74) is 1.96. The minimum atomic E-state index is -1.04. The van der Waals surface area contributed by atoms with Crippen LogP contribution < -0.4 is 4.72 Å². The van der Waals surface area contributed by atoms with Crippen LogP contribution in [-0.2, 0) is 11.0 Å². The van der Waals surface area contributed by atoms with Gasteiger partial charge in [-0.15, -0.1) is 0 Å². The minimum absolute atomic E-state index is 0.134. The largest absolute Gasteiger partial charge is 0.305 e. The van der Waals surface area contributed by atoms with Crippen LogP contribution in [0.4, 0.5) is 11.4 Å². The monoisotopic (exact) mass is 278 g/mol. The molecule has 0 radical (unpaired) electrons. The van der Waals surface area contributed by atoms with E-state index in [0.29, 0.717) is 11.8 Å². The van der Waals surface area contributed by atoms with Gasteiger partial charge in [0, 0.05) is 18.1 Å². The van der Waals surface area contributed by atoms with Crippen molar-refractivity contribution in [1.29, 1.82) is 0 Å². The van der Waals surface area contributed by atoms with E-state index < -0.39 is 11.0 Å². The van der Waals surface area contributed by atoms with Crippen molar-refractivity contribution in [3.8, 4) is 0 Å². The van der Waals surface area contributed by atoms with Crippen molar-refractivity contribution in [3.05, 3.63) is 33.9 Å². The first-order chi connectivity index (χ1) is 9.15. The number of nitro benzene ring substituents is 1. The van der Waals surface area contributed by atoms with Crippen LogP contribution in [0.1, 0.15) is 30.7 Å². The number of rotatable bonds is 1. The molecular formula is C13H14N2O3S. The Kier molecular flexibility index (Phi) is 2.27. The molecule has 0 spiro atoms. The number of nitro groups is 1. The summed E-state index contributed by atoms with van der Waals surface area (Å²) in [5, 5.41) is 11.1. The topological polar surface area (TPSA) is 72.2 Å². The number of nitrogens with one attached hydrogen (secondary N) is 1. The number of hydrogen-bond donors (Lipinski definition) is 1. The highest BCUT2D eigenvalue weighted by Gasteiger charge is 2.53. The zero-order chi connectivity index (χ0) is 13.1. The van der Waals surface area contributed by atoms with Gasteiger partial charge in [-0.3, -0.25) is 10.1 Å². The molecule has 0 saturated heterocycles. The van der Waals surface area contributed by atoms with Crippen LogP contribution in [0.5, 0.6) is 0 Å². The lowest BCUT2D eigenvalue weighted by Crippen LogP contribution is -2.37. The van der Waals surface area contributed by atoms with Crippen LogP contribution in [0.25, 0.3) is 0 Å². The molecule has 2 fully saturated rings. The van der Waals surface area contributed by atoms with Crippen LogP contribution in [-0.4, -0.2) is 14.4 Å². The molecule has 1 aromatic carbocycles. The van der Waals surface area contributed by atoms with Gasteiger partial charge in [0.25, 0.3) is 5.69 Å². The van der Waals surface area contributed by atoms with Crippen molar-refractivity contribution in [1.82, 2.24) is 0 Å². The molecular weight excluding hydrogens is 264 g/mol. The lowest BCUT2D eigenvalue weighted by molar-refractivity contribution is -0.384. The third-order valence-electron chi connectivity index (χ3n) is 4.90. The van der Waals surface area contributed by atoms with Gasteiger partial charge in [0.1, 0.15) is 11.0 Å². The van der Waals surface area contributed by atoms with E-state index in [1.807, 2.05) is 0 Å². The van der Waals surface area contributed by atoms with Gasteiger partial charge >= 0.3 is 0 Å². The summed E-state index contributed by atoms with van der Waals surface area (Å²) in [6, 6.07) is 4.86. The maximum Gasteiger partial charge on any atom is 0.269 e. The van der Waals surface area contributed by atoms with E-state index in [0.717, 1.165) is 24.1 Å². The molecule has 1 aliphatic heterocycles. The number of non-ortho nitro benzene ring substituents is 1. The zero-order valence-corrected chi connectivity index (χ0v) is 11.1. The minimum Gasteiger partial charge on any atom is -0.305 e. The van der Waals surface area contributed by atoms with Gasteiger partial charge in [-0.1, -0.05) is 0 Å². The van der Waals surface area contributed by atoms with Crippen molar-refractivity contribution in [2.75, 3.05) is 4.72 Å². The first-order valence-electron chi connectivity index (χ1n) is 6.60. The molecule has 2 saturated carbocycles. The summed E-state index contributed by atoms with van der Waals surface area (Å²) in [6.45, 7) is 0. The number of nitrogens with zero attached hydrogens (tertiary/aromatic N) is 1. The van der Waals surface area contributed by atoms with E-state index in [2.05, 4.69) is 4.72 Å². The predicted octanol–water partition coefficient (Wildman–Crippen LogP) is 2.57. The highest BCUT2D eigenvalue weighted by atomic mass is 32.2. The van der Waals surface area contributed by atoms with Crippen molar-refractivity contribution < 1.29 is 9.13 Å². The number of benzene rings is 1. The number of hydrogen-bond acceptors (Lipinski definition) is 3. The molecule has 5 nitrogen and oxygen atoms in total. The standard InChI is InChI=1S/C13H14N2O3S/c16-15(17)9-3-4-11-10(6-9)12-7-1-2-8(5-7)13(12)19(18)14-11/h3-4,6-8,12-14H,1-2,5H2/t7-,8-,12-,13+,19+/m1/s1. The van der Waals surface area contributed by atoms with Gasteiger partial charge in [-0.2, -0.15) is 0 Å². The molecule has 2 bridgehead atoms. The Morgan fingerprint density at radius 2 is 2.11 bits per heavy atom. The maximum atomic E-state index is 12.3. The van der Waals surface area contributed by atoms with E-state index in [-0.39, 0.29) is 21.8 Å². The summed E-state index contributed by atoms with van der Waals surface area (Å²) in [5.74, 6) is 1.33. The summed E-state index contributed by atoms with van der Waals surface area (Å²) >= 11 is 0. The number of fused-ring (bicyclic) bond motifs is 7. The van der Waals surface area contributed by atoms with Crippen molar-refractivity contribution in [2.24, 2.45) is 11.8 Å². The second kappa shape index (κ2) is 3.79. The summed E-state index contributed by atoms with van der Waals surface area (Å²) < 4.78 is 15.3. The van der Waals surface area contributed by atoms with Crippen LogP contribution in [0.3, 0.4) is 0 Å². The molecule has 5 atom stereocenters. The van der Waals surface area contributed by atoms with E-state index >= 15 is 0 Å². The smallest absolute Gasteiger partial charge is 0.269 e. The molecule has 0 aromatic heterocycles. The fourth-order valence-corrected chi connectivity index (χ4v) is 5.96. The molecule has 2 aliphatic carbocycles. The molecule has 1 heterocycles. The second-order valence-corrected chi connectivity index (χ2v) is 7.10. The van der Waals surface area contributed by atoms with E-state index in [1.54, 1.807) is 12.1 Å². The second-order valence-electron chi connectivity index (χ2n) is 5.75. The van der Waals surface area contributed by atoms with Crippen LogP contribution >= 0.6 is 0 Å². The highest BCUT2D eigenvalue weighted by Crippen LogP contribution is 2.58. The van der Waals surface area contributed by atoms with Crippen LogP contribution in [0, 0.1) is 22.0 Å². The first-order valence-corrected chi connectivity index (χ1v) is 7.82. The van der Waals surface area contributed by atoms with Gasteiger partial charge in [0.2, 0.25) is 0 Å². The Bertz CT molecular complexity index is 604. The Balaban J connectivity index is 1.85. The molecule has 0 unspecified atom stereocenters. The van der Waals surface area contributed by atoms with E-state index in [1.165, 1.54) is 12.5 Å². The maximum absolute atomic E-state index is 12.3. The Labute approximate surface area is 113 Å². The van der Waals surface area contributed by atoms with Crippen molar-refractivity contribution in [3.63, 3.8) is 0 Å². The fourth-order valence-electron chi connectivity index (χ4n) is 4.19. The fraction of sp³-hybridized carbons (Fsp3) is 0.538. The molecule has 4 rings (SSSR count). The summed E-state index contributed by atoms with van der Waals surface area (Å²) in [4.78, 5) is 10.6. The molecule has 6 heteroatoms. The predicted molar refractivity (Wildman–Crippen MR) is 72.2 cm³/mol. The normalized spacial score (nSPS) is 38.4. The van der Waals surface area contributed by atoms with Gasteiger partial charge in [0.15, 0.2) is 0 Å². The SMILES string of the molecule is O=[N+]([O-])c1ccc2c(c1)[C@H]1[C@@H]3CC[C@H](C3)[C@@H]1[S@](=O)N2. The van der Waals surface area contributed by atoms with Crippen LogP contribution in [0.15, 0.2) is 18.2 Å². The Hall–Kier alpha value is -1.43. The third-order valence-corrected chi connectivity index (χ3v) is 6.50. The average molecular weight is 278 g/mol. The van der Waals surface area contributed by atoms with E-state index in [9.17, 15) is 14.3 Å². The highest BCUT2D eigenvalue weighted by molar-refractivity contribution is 7.87. The molecule has 1 aromatic rings. The first kappa shape index (κ1) is 11.4. The number of anilines is 1.